The molecule has 2 N–H and O–H groups in total. The number of aromatic nitrogens is 2. The van der Waals surface area contributed by atoms with E-state index in [2.05, 4.69) is 11.8 Å². The second kappa shape index (κ2) is 8.86. The van der Waals surface area contributed by atoms with Crippen LogP contribution in [0.25, 0.3) is 27.9 Å². The van der Waals surface area contributed by atoms with Crippen LogP contribution < -0.4 is 5.69 Å². The lowest BCUT2D eigenvalue weighted by atomic mass is 9.96. The lowest BCUT2D eigenvalue weighted by Gasteiger charge is -2.13. The van der Waals surface area contributed by atoms with Crippen molar-refractivity contribution in [1.82, 2.24) is 9.13 Å². The van der Waals surface area contributed by atoms with Gasteiger partial charge in [-0.05, 0) is 61.4 Å². The summed E-state index contributed by atoms with van der Waals surface area (Å²) < 4.78 is 17.5. The van der Waals surface area contributed by atoms with E-state index in [0.717, 1.165) is 0 Å². The molecule has 0 atom stereocenters. The first-order chi connectivity index (χ1) is 16.0. The molecule has 5 nitrogen and oxygen atoms in total. The first kappa shape index (κ1) is 23.4. The van der Waals surface area contributed by atoms with Crippen LogP contribution in [0.15, 0.2) is 71.8 Å². The molecule has 0 spiro atoms. The van der Waals surface area contributed by atoms with Gasteiger partial charge in [-0.2, -0.15) is 0 Å². The summed E-state index contributed by atoms with van der Waals surface area (Å²) in [6.07, 6.45) is 3.23. The maximum Gasteiger partial charge on any atom is 0.332 e. The van der Waals surface area contributed by atoms with Crippen LogP contribution in [0, 0.1) is 17.7 Å². The maximum absolute atomic E-state index is 14.6. The highest BCUT2D eigenvalue weighted by atomic mass is 35.5. The number of aryl methyl sites for hydroxylation is 1. The number of benzene rings is 3. The van der Waals surface area contributed by atoms with Crippen molar-refractivity contribution in [1.29, 1.82) is 0 Å². The number of imidazole rings is 1. The Morgan fingerprint density at radius 3 is 2.26 bits per heavy atom. The molecule has 34 heavy (non-hydrogen) atoms. The fraction of sp³-hybridized carbons (Fsp3) is 0.148. The average Bonchev–Trinajstić information content (AvgIpc) is 3.11. The minimum absolute atomic E-state index is 0.116. The Morgan fingerprint density at radius 1 is 1.00 bits per heavy atom. The van der Waals surface area contributed by atoms with Crippen LogP contribution in [-0.4, -0.2) is 24.9 Å². The van der Waals surface area contributed by atoms with Crippen molar-refractivity contribution < 1.29 is 14.6 Å². The van der Waals surface area contributed by atoms with E-state index in [4.69, 9.17) is 11.6 Å². The fourth-order valence-corrected chi connectivity index (χ4v) is 3.82. The topological polar surface area (TPSA) is 67.4 Å². The third-order valence-corrected chi connectivity index (χ3v) is 5.53. The second-order valence-electron chi connectivity index (χ2n) is 8.47. The minimum atomic E-state index is -1.15. The van der Waals surface area contributed by atoms with Gasteiger partial charge in [0.15, 0.2) is 0 Å². The van der Waals surface area contributed by atoms with E-state index >= 15 is 0 Å². The molecule has 7 heteroatoms. The maximum atomic E-state index is 14.6. The Bertz CT molecular complexity index is 1520. The van der Waals surface area contributed by atoms with Gasteiger partial charge >= 0.3 is 5.69 Å². The summed E-state index contributed by atoms with van der Waals surface area (Å²) in [5.41, 5.74) is 1.31. The molecular weight excluding hydrogens is 455 g/mol. The van der Waals surface area contributed by atoms with Crippen molar-refractivity contribution in [2.75, 3.05) is 0 Å². The minimum Gasteiger partial charge on any atom is -0.507 e. The van der Waals surface area contributed by atoms with Crippen molar-refractivity contribution in [2.45, 2.75) is 19.4 Å². The second-order valence-corrected chi connectivity index (χ2v) is 8.87. The highest BCUT2D eigenvalue weighted by molar-refractivity contribution is 6.32. The van der Waals surface area contributed by atoms with Gasteiger partial charge in [-0.15, -0.1) is 0 Å². The van der Waals surface area contributed by atoms with E-state index in [-0.39, 0.29) is 22.0 Å². The molecule has 0 aliphatic carbocycles. The molecule has 1 aromatic heterocycles. The zero-order valence-corrected chi connectivity index (χ0v) is 19.6. The van der Waals surface area contributed by atoms with Gasteiger partial charge in [0.1, 0.15) is 17.2 Å². The molecule has 0 unspecified atom stereocenters. The summed E-state index contributed by atoms with van der Waals surface area (Å²) in [5.74, 6) is 4.98. The van der Waals surface area contributed by atoms with Crippen LogP contribution in [0.2, 0.25) is 5.02 Å². The van der Waals surface area contributed by atoms with Crippen LogP contribution >= 0.6 is 11.6 Å². The SMILES string of the molecule is Cn1ccn(-c2ccc(-c3cc(F)cc(-c4cccc(C#CC(C)(C)O)c4)c3O)cc2Cl)c1=O. The molecule has 0 bridgehead atoms. The molecule has 0 saturated carbocycles. The molecular formula is C27H22ClFN2O3. The molecule has 0 fully saturated rings. The molecule has 0 saturated heterocycles. The lowest BCUT2D eigenvalue weighted by molar-refractivity contribution is 0.143. The molecule has 172 valence electrons. The van der Waals surface area contributed by atoms with E-state index in [9.17, 15) is 19.4 Å². The number of phenols is 1. The highest BCUT2D eigenvalue weighted by Crippen LogP contribution is 2.40. The van der Waals surface area contributed by atoms with Gasteiger partial charge < -0.3 is 14.8 Å². The Balaban J connectivity index is 1.79. The smallest absolute Gasteiger partial charge is 0.332 e. The van der Waals surface area contributed by atoms with E-state index in [1.165, 1.54) is 21.3 Å². The summed E-state index contributed by atoms with van der Waals surface area (Å²) in [7, 11) is 1.64. The summed E-state index contributed by atoms with van der Waals surface area (Å²) in [6.45, 7) is 3.16. The Morgan fingerprint density at radius 2 is 1.68 bits per heavy atom. The van der Waals surface area contributed by atoms with Crippen molar-refractivity contribution in [2.24, 2.45) is 7.05 Å². The number of halogens is 2. The predicted molar refractivity (Wildman–Crippen MR) is 132 cm³/mol. The van der Waals surface area contributed by atoms with Gasteiger partial charge in [0, 0.05) is 36.1 Å². The normalized spacial score (nSPS) is 11.2. The number of phenolic OH excluding ortho intramolecular Hbond substituents is 1. The van der Waals surface area contributed by atoms with Crippen LogP contribution in [-0.2, 0) is 7.05 Å². The monoisotopic (exact) mass is 476 g/mol. The van der Waals surface area contributed by atoms with Crippen LogP contribution in [0.5, 0.6) is 5.75 Å². The Kier molecular flexibility index (Phi) is 6.09. The van der Waals surface area contributed by atoms with E-state index in [1.54, 1.807) is 75.8 Å². The van der Waals surface area contributed by atoms with Crippen molar-refractivity contribution in [3.8, 4) is 45.5 Å². The number of rotatable bonds is 3. The molecule has 4 aromatic rings. The van der Waals surface area contributed by atoms with E-state index < -0.39 is 11.4 Å². The van der Waals surface area contributed by atoms with Crippen molar-refractivity contribution >= 4 is 11.6 Å². The molecule has 0 amide bonds. The third-order valence-electron chi connectivity index (χ3n) is 5.23. The van der Waals surface area contributed by atoms with Crippen molar-refractivity contribution in [3.63, 3.8) is 0 Å². The van der Waals surface area contributed by atoms with E-state index in [0.29, 0.717) is 27.9 Å². The van der Waals surface area contributed by atoms with Crippen molar-refractivity contribution in [3.05, 3.63) is 93.9 Å². The molecule has 0 radical (unpaired) electrons. The summed E-state index contributed by atoms with van der Waals surface area (Å²) in [4.78, 5) is 12.3. The predicted octanol–water partition coefficient (Wildman–Crippen LogP) is 5.13. The number of aromatic hydroxyl groups is 1. The first-order valence-electron chi connectivity index (χ1n) is 10.5. The van der Waals surface area contributed by atoms with Gasteiger partial charge in [0.05, 0.1) is 10.7 Å². The zero-order chi connectivity index (χ0) is 24.6. The average molecular weight is 477 g/mol. The zero-order valence-electron chi connectivity index (χ0n) is 18.8. The summed E-state index contributed by atoms with van der Waals surface area (Å²) >= 11 is 6.46. The van der Waals surface area contributed by atoms with Gasteiger partial charge in [0.25, 0.3) is 0 Å². The van der Waals surface area contributed by atoms with Crippen LogP contribution in [0.3, 0.4) is 0 Å². The number of aliphatic hydroxyl groups is 1. The van der Waals surface area contributed by atoms with Gasteiger partial charge in [0.2, 0.25) is 0 Å². The summed E-state index contributed by atoms with van der Waals surface area (Å²) in [5, 5.41) is 21.2. The molecule has 3 aromatic carbocycles. The van der Waals surface area contributed by atoms with Crippen LogP contribution in [0.4, 0.5) is 4.39 Å². The van der Waals surface area contributed by atoms with Gasteiger partial charge in [-0.25, -0.2) is 9.18 Å². The Labute approximate surface area is 201 Å². The highest BCUT2D eigenvalue weighted by Gasteiger charge is 2.16. The van der Waals surface area contributed by atoms with Gasteiger partial charge in [-0.3, -0.25) is 4.57 Å². The van der Waals surface area contributed by atoms with Crippen LogP contribution in [0.1, 0.15) is 19.4 Å². The molecule has 0 aliphatic rings. The third kappa shape index (κ3) is 4.76. The standard InChI is InChI=1S/C27H22ClFN2O3/c1-27(2,34)10-9-17-5-4-6-18(13-17)21-15-20(29)16-22(25(21)32)19-7-8-24(23(28)14-19)31-12-11-30(3)26(31)33/h4-8,11-16,32,34H,1-3H3. The Hall–Kier alpha value is -3.79. The largest absolute Gasteiger partial charge is 0.507 e. The van der Waals surface area contributed by atoms with E-state index in [1.807, 2.05) is 0 Å². The fourth-order valence-electron chi connectivity index (χ4n) is 3.55. The first-order valence-corrected chi connectivity index (χ1v) is 10.8. The molecule has 4 rings (SSSR count). The van der Waals surface area contributed by atoms with Gasteiger partial charge in [-0.1, -0.05) is 41.6 Å². The number of nitrogens with zero attached hydrogens (tertiary/aromatic N) is 2. The molecule has 0 aliphatic heterocycles. The molecule has 1 heterocycles. The number of hydrogen-bond donors (Lipinski definition) is 2. The number of hydrogen-bond acceptors (Lipinski definition) is 3. The summed E-state index contributed by atoms with van der Waals surface area (Å²) in [6, 6.07) is 14.4. The quantitative estimate of drug-likeness (QED) is 0.403. The lowest BCUT2D eigenvalue weighted by Crippen LogP contribution is -2.20.